The minimum Gasteiger partial charge on any atom is -0.476 e. The zero-order chi connectivity index (χ0) is 15.9. The second kappa shape index (κ2) is 7.98. The van der Waals surface area contributed by atoms with E-state index in [1.807, 2.05) is 31.2 Å². The third-order valence-electron chi connectivity index (χ3n) is 2.95. The minimum absolute atomic E-state index is 0.216. The number of nitrogens with zero attached hydrogens (tertiary/aromatic N) is 2. The minimum atomic E-state index is -0.216. The number of amides is 1. The van der Waals surface area contributed by atoms with Gasteiger partial charge in [-0.25, -0.2) is 0 Å². The van der Waals surface area contributed by atoms with Gasteiger partial charge >= 0.3 is 0 Å². The summed E-state index contributed by atoms with van der Waals surface area (Å²) in [6.45, 7) is 5.38. The van der Waals surface area contributed by atoms with Crippen molar-refractivity contribution in [2.24, 2.45) is 0 Å². The zero-order valence-corrected chi connectivity index (χ0v) is 14.4. The fourth-order valence-corrected chi connectivity index (χ4v) is 2.37. The number of hydrogen-bond acceptors (Lipinski definition) is 3. The molecule has 0 saturated carbocycles. The maximum atomic E-state index is 12.5. The Morgan fingerprint density at radius 3 is 2.86 bits per heavy atom. The van der Waals surface area contributed by atoms with Crippen molar-refractivity contribution in [3.05, 3.63) is 40.5 Å². The first kappa shape index (κ1) is 16.5. The standard InChI is InChI=1S/C16H20BrN3O2/c1-3-8-20-11-14(16(19-20)22-9-4-2)15(21)18-13-7-5-6-12(17)10-13/h5-7,10-11H,3-4,8-9H2,1-2H3,(H,18,21). The third kappa shape index (κ3) is 4.34. The quantitative estimate of drug-likeness (QED) is 0.803. The molecule has 22 heavy (non-hydrogen) atoms. The Morgan fingerprint density at radius 1 is 1.36 bits per heavy atom. The number of benzene rings is 1. The fourth-order valence-electron chi connectivity index (χ4n) is 1.97. The van der Waals surface area contributed by atoms with E-state index in [1.54, 1.807) is 10.9 Å². The Labute approximate surface area is 138 Å². The van der Waals surface area contributed by atoms with E-state index in [0.29, 0.717) is 18.1 Å². The second-order valence-corrected chi connectivity index (χ2v) is 5.84. The Bertz CT molecular complexity index is 640. The molecule has 0 aliphatic heterocycles. The molecule has 0 unspecified atom stereocenters. The number of halogens is 1. The Morgan fingerprint density at radius 2 is 2.18 bits per heavy atom. The fraction of sp³-hybridized carbons (Fsp3) is 0.375. The number of nitrogens with one attached hydrogen (secondary N) is 1. The maximum absolute atomic E-state index is 12.5. The van der Waals surface area contributed by atoms with Crippen LogP contribution in [0.1, 0.15) is 37.0 Å². The SMILES string of the molecule is CCCOc1nn(CCC)cc1C(=O)Nc1cccc(Br)c1. The van der Waals surface area contributed by atoms with Gasteiger partial charge in [-0.2, -0.15) is 0 Å². The summed E-state index contributed by atoms with van der Waals surface area (Å²) in [6, 6.07) is 7.46. The highest BCUT2D eigenvalue weighted by atomic mass is 79.9. The predicted octanol–water partition coefficient (Wildman–Crippen LogP) is 4.10. The van der Waals surface area contributed by atoms with E-state index in [2.05, 4.69) is 33.3 Å². The van der Waals surface area contributed by atoms with Gasteiger partial charge in [-0.3, -0.25) is 9.48 Å². The van der Waals surface area contributed by atoms with Gasteiger partial charge in [0.2, 0.25) is 5.88 Å². The Balaban J connectivity index is 2.19. The number of anilines is 1. The molecule has 118 valence electrons. The van der Waals surface area contributed by atoms with E-state index in [9.17, 15) is 4.79 Å². The van der Waals surface area contributed by atoms with E-state index in [0.717, 1.165) is 29.5 Å². The van der Waals surface area contributed by atoms with Gasteiger partial charge in [-0.15, -0.1) is 5.10 Å². The molecule has 1 aromatic heterocycles. The molecule has 0 fully saturated rings. The first-order valence-corrected chi connectivity index (χ1v) is 8.20. The summed E-state index contributed by atoms with van der Waals surface area (Å²) in [5.74, 6) is 0.175. The van der Waals surface area contributed by atoms with Crippen molar-refractivity contribution in [1.82, 2.24) is 9.78 Å². The molecule has 1 N–H and O–H groups in total. The van der Waals surface area contributed by atoms with Gasteiger partial charge in [0.1, 0.15) is 5.56 Å². The topological polar surface area (TPSA) is 56.2 Å². The highest BCUT2D eigenvalue weighted by Crippen LogP contribution is 2.20. The van der Waals surface area contributed by atoms with Gasteiger partial charge < -0.3 is 10.1 Å². The lowest BCUT2D eigenvalue weighted by molar-refractivity contribution is 0.102. The molecule has 2 rings (SSSR count). The summed E-state index contributed by atoms with van der Waals surface area (Å²) in [4.78, 5) is 12.5. The smallest absolute Gasteiger partial charge is 0.262 e. The molecule has 1 aromatic carbocycles. The number of aromatic nitrogens is 2. The van der Waals surface area contributed by atoms with Crippen LogP contribution in [0.5, 0.6) is 5.88 Å². The number of rotatable bonds is 7. The largest absolute Gasteiger partial charge is 0.476 e. The summed E-state index contributed by atoms with van der Waals surface area (Å²) in [6.07, 6.45) is 3.55. The van der Waals surface area contributed by atoms with Gasteiger partial charge in [-0.1, -0.05) is 35.8 Å². The van der Waals surface area contributed by atoms with Crippen LogP contribution in [0.4, 0.5) is 5.69 Å². The van der Waals surface area contributed by atoms with E-state index in [-0.39, 0.29) is 5.91 Å². The molecule has 0 bridgehead atoms. The number of aryl methyl sites for hydroxylation is 1. The highest BCUT2D eigenvalue weighted by Gasteiger charge is 2.18. The number of carbonyl (C=O) groups is 1. The van der Waals surface area contributed by atoms with Gasteiger partial charge in [0.05, 0.1) is 6.61 Å². The monoisotopic (exact) mass is 365 g/mol. The van der Waals surface area contributed by atoms with Crippen LogP contribution in [-0.4, -0.2) is 22.3 Å². The maximum Gasteiger partial charge on any atom is 0.262 e. The van der Waals surface area contributed by atoms with Crippen LogP contribution in [0.15, 0.2) is 34.9 Å². The van der Waals surface area contributed by atoms with Crippen LogP contribution in [0, 0.1) is 0 Å². The average molecular weight is 366 g/mol. The summed E-state index contributed by atoms with van der Waals surface area (Å²) in [5.41, 5.74) is 1.19. The first-order chi connectivity index (χ1) is 10.6. The Kier molecular flexibility index (Phi) is 6.00. The molecular weight excluding hydrogens is 346 g/mol. The van der Waals surface area contributed by atoms with E-state index < -0.39 is 0 Å². The lowest BCUT2D eigenvalue weighted by Gasteiger charge is -2.06. The van der Waals surface area contributed by atoms with Crippen LogP contribution in [-0.2, 0) is 6.54 Å². The average Bonchev–Trinajstić information content (AvgIpc) is 2.88. The van der Waals surface area contributed by atoms with Gasteiger partial charge in [0.15, 0.2) is 0 Å². The summed E-state index contributed by atoms with van der Waals surface area (Å²) < 4.78 is 8.26. The van der Waals surface area contributed by atoms with Crippen molar-refractivity contribution >= 4 is 27.5 Å². The van der Waals surface area contributed by atoms with Crippen molar-refractivity contribution in [3.63, 3.8) is 0 Å². The van der Waals surface area contributed by atoms with Crippen LogP contribution in [0.2, 0.25) is 0 Å². The molecule has 6 heteroatoms. The van der Waals surface area contributed by atoms with Crippen molar-refractivity contribution in [1.29, 1.82) is 0 Å². The third-order valence-corrected chi connectivity index (χ3v) is 3.44. The molecule has 0 saturated heterocycles. The van der Waals surface area contributed by atoms with Crippen LogP contribution in [0.3, 0.4) is 0 Å². The van der Waals surface area contributed by atoms with Gasteiger partial charge in [0.25, 0.3) is 5.91 Å². The normalized spacial score (nSPS) is 10.5. The molecule has 1 heterocycles. The number of ether oxygens (including phenoxy) is 1. The Hall–Kier alpha value is -1.82. The molecule has 5 nitrogen and oxygen atoms in total. The number of carbonyl (C=O) groups excluding carboxylic acids is 1. The summed E-state index contributed by atoms with van der Waals surface area (Å²) >= 11 is 3.39. The molecule has 2 aromatic rings. The molecular formula is C16H20BrN3O2. The molecule has 0 aliphatic carbocycles. The van der Waals surface area contributed by atoms with Crippen molar-refractivity contribution < 1.29 is 9.53 Å². The molecule has 0 atom stereocenters. The molecule has 0 spiro atoms. The summed E-state index contributed by atoms with van der Waals surface area (Å²) in [5, 5.41) is 7.21. The number of hydrogen-bond donors (Lipinski definition) is 1. The molecule has 0 radical (unpaired) electrons. The van der Waals surface area contributed by atoms with Crippen LogP contribution < -0.4 is 10.1 Å². The van der Waals surface area contributed by atoms with Crippen LogP contribution in [0.25, 0.3) is 0 Å². The predicted molar refractivity (Wildman–Crippen MR) is 90.4 cm³/mol. The first-order valence-electron chi connectivity index (χ1n) is 7.41. The zero-order valence-electron chi connectivity index (χ0n) is 12.8. The van der Waals surface area contributed by atoms with E-state index >= 15 is 0 Å². The van der Waals surface area contributed by atoms with Crippen molar-refractivity contribution in [3.8, 4) is 5.88 Å². The summed E-state index contributed by atoms with van der Waals surface area (Å²) in [7, 11) is 0. The van der Waals surface area contributed by atoms with Gasteiger partial charge in [-0.05, 0) is 31.0 Å². The van der Waals surface area contributed by atoms with E-state index in [1.165, 1.54) is 0 Å². The molecule has 1 amide bonds. The van der Waals surface area contributed by atoms with Crippen LogP contribution >= 0.6 is 15.9 Å². The lowest BCUT2D eigenvalue weighted by atomic mass is 10.2. The van der Waals surface area contributed by atoms with Crippen molar-refractivity contribution in [2.45, 2.75) is 33.2 Å². The molecule has 0 aliphatic rings. The second-order valence-electron chi connectivity index (χ2n) is 4.92. The van der Waals surface area contributed by atoms with E-state index in [4.69, 9.17) is 4.74 Å². The van der Waals surface area contributed by atoms with Crippen molar-refractivity contribution in [2.75, 3.05) is 11.9 Å². The lowest BCUT2D eigenvalue weighted by Crippen LogP contribution is -2.13. The highest BCUT2D eigenvalue weighted by molar-refractivity contribution is 9.10. The van der Waals surface area contributed by atoms with Gasteiger partial charge in [0, 0.05) is 22.9 Å².